The standard InChI is InChI=1S/C15H11FN2O4/c1-2-22-14(21)15(7-17)10-11(15)13(20)18(12(10)19)9-5-3-8(16)4-6-9/h3-6,10-11H,2H2,1H3/t10-,11+,15?. The molecule has 2 amide bonds. The van der Waals surface area contributed by atoms with Crippen LogP contribution in [0.3, 0.4) is 0 Å². The van der Waals surface area contributed by atoms with Crippen LogP contribution in [0, 0.1) is 34.4 Å². The van der Waals surface area contributed by atoms with Crippen LogP contribution in [0.25, 0.3) is 0 Å². The molecule has 0 bridgehead atoms. The second-order valence-corrected chi connectivity index (χ2v) is 5.14. The maximum Gasteiger partial charge on any atom is 0.328 e. The number of carbonyl (C=O) groups is 3. The van der Waals surface area contributed by atoms with E-state index >= 15 is 0 Å². The van der Waals surface area contributed by atoms with Gasteiger partial charge in [0.25, 0.3) is 0 Å². The van der Waals surface area contributed by atoms with E-state index in [-0.39, 0.29) is 12.3 Å². The average Bonchev–Trinajstić information content (AvgIpc) is 3.12. The number of fused-ring (bicyclic) bond motifs is 1. The lowest BCUT2D eigenvalue weighted by Gasteiger charge is -2.20. The molecule has 1 aromatic rings. The Kier molecular flexibility index (Phi) is 2.99. The number of nitriles is 1. The molecule has 22 heavy (non-hydrogen) atoms. The first-order valence-electron chi connectivity index (χ1n) is 6.71. The van der Waals surface area contributed by atoms with Crippen LogP contribution in [0.15, 0.2) is 24.3 Å². The van der Waals surface area contributed by atoms with Crippen molar-refractivity contribution in [2.45, 2.75) is 6.92 Å². The first kappa shape index (κ1) is 14.2. The molecule has 6 nitrogen and oxygen atoms in total. The molecule has 7 heteroatoms. The molecule has 1 saturated heterocycles. The van der Waals surface area contributed by atoms with Crippen molar-refractivity contribution in [2.24, 2.45) is 17.3 Å². The number of halogens is 1. The molecule has 3 atom stereocenters. The molecule has 3 rings (SSSR count). The van der Waals surface area contributed by atoms with Gasteiger partial charge >= 0.3 is 5.97 Å². The zero-order valence-electron chi connectivity index (χ0n) is 11.6. The van der Waals surface area contributed by atoms with Gasteiger partial charge in [0, 0.05) is 0 Å². The predicted octanol–water partition coefficient (Wildman–Crippen LogP) is 1.02. The maximum absolute atomic E-state index is 12.9. The molecule has 1 aliphatic carbocycles. The van der Waals surface area contributed by atoms with Gasteiger partial charge in [-0.3, -0.25) is 14.4 Å². The summed E-state index contributed by atoms with van der Waals surface area (Å²) in [5.41, 5.74) is -1.49. The molecule has 1 aliphatic heterocycles. The minimum Gasteiger partial charge on any atom is -0.465 e. The number of benzene rings is 1. The smallest absolute Gasteiger partial charge is 0.328 e. The largest absolute Gasteiger partial charge is 0.465 e. The van der Waals surface area contributed by atoms with Crippen molar-refractivity contribution >= 4 is 23.5 Å². The van der Waals surface area contributed by atoms with Crippen molar-refractivity contribution in [3.05, 3.63) is 30.1 Å². The van der Waals surface area contributed by atoms with E-state index in [4.69, 9.17) is 4.74 Å². The fourth-order valence-electron chi connectivity index (χ4n) is 2.98. The van der Waals surface area contributed by atoms with Gasteiger partial charge in [-0.25, -0.2) is 9.29 Å². The van der Waals surface area contributed by atoms with Gasteiger partial charge in [-0.05, 0) is 31.2 Å². The van der Waals surface area contributed by atoms with E-state index in [0.29, 0.717) is 0 Å². The normalized spacial score (nSPS) is 29.0. The summed E-state index contributed by atoms with van der Waals surface area (Å²) in [7, 11) is 0. The first-order chi connectivity index (χ1) is 10.5. The minimum absolute atomic E-state index is 0.0613. The second-order valence-electron chi connectivity index (χ2n) is 5.14. The molecular weight excluding hydrogens is 291 g/mol. The van der Waals surface area contributed by atoms with Gasteiger partial charge in [0.1, 0.15) is 5.82 Å². The van der Waals surface area contributed by atoms with Crippen molar-refractivity contribution in [3.8, 4) is 6.07 Å². The third-order valence-electron chi connectivity index (χ3n) is 4.06. The number of hydrogen-bond donors (Lipinski definition) is 0. The number of rotatable bonds is 3. The van der Waals surface area contributed by atoms with E-state index in [9.17, 15) is 24.0 Å². The number of imide groups is 1. The quantitative estimate of drug-likeness (QED) is 0.614. The monoisotopic (exact) mass is 302 g/mol. The number of carbonyl (C=O) groups excluding carboxylic acids is 3. The Hall–Kier alpha value is -2.75. The van der Waals surface area contributed by atoms with Gasteiger partial charge < -0.3 is 4.74 Å². The predicted molar refractivity (Wildman–Crippen MR) is 70.6 cm³/mol. The molecule has 1 unspecified atom stereocenters. The zero-order chi connectivity index (χ0) is 16.1. The molecule has 1 heterocycles. The van der Waals surface area contributed by atoms with Crippen molar-refractivity contribution in [3.63, 3.8) is 0 Å². The highest BCUT2D eigenvalue weighted by atomic mass is 19.1. The van der Waals surface area contributed by atoms with Crippen molar-refractivity contribution in [1.29, 1.82) is 5.26 Å². The Balaban J connectivity index is 1.92. The molecule has 0 aromatic heterocycles. The Labute approximate surface area is 125 Å². The fourth-order valence-corrected chi connectivity index (χ4v) is 2.98. The number of piperidine rings is 1. The van der Waals surface area contributed by atoms with E-state index in [1.165, 1.54) is 12.1 Å². The summed E-state index contributed by atoms with van der Waals surface area (Å²) in [6.45, 7) is 1.64. The molecule has 0 radical (unpaired) electrons. The third kappa shape index (κ3) is 1.61. The highest BCUT2D eigenvalue weighted by Crippen LogP contribution is 2.64. The van der Waals surface area contributed by atoms with Crippen LogP contribution in [0.5, 0.6) is 0 Å². The van der Waals surface area contributed by atoms with Gasteiger partial charge in [-0.15, -0.1) is 0 Å². The molecule has 2 fully saturated rings. The second kappa shape index (κ2) is 4.63. The van der Waals surface area contributed by atoms with Crippen LogP contribution in [-0.4, -0.2) is 24.4 Å². The summed E-state index contributed by atoms with van der Waals surface area (Å²) in [4.78, 5) is 37.6. The van der Waals surface area contributed by atoms with Crippen LogP contribution >= 0.6 is 0 Å². The Morgan fingerprint density at radius 2 is 1.86 bits per heavy atom. The van der Waals surface area contributed by atoms with E-state index in [0.717, 1.165) is 17.0 Å². The molecular formula is C15H11FN2O4. The van der Waals surface area contributed by atoms with E-state index < -0.39 is 40.9 Å². The first-order valence-corrected chi connectivity index (χ1v) is 6.71. The summed E-state index contributed by atoms with van der Waals surface area (Å²) >= 11 is 0. The van der Waals surface area contributed by atoms with Crippen LogP contribution in [0.2, 0.25) is 0 Å². The summed E-state index contributed by atoms with van der Waals surface area (Å²) in [5.74, 6) is -4.63. The topological polar surface area (TPSA) is 87.5 Å². The summed E-state index contributed by atoms with van der Waals surface area (Å²) in [6.07, 6.45) is 0. The van der Waals surface area contributed by atoms with Gasteiger partial charge in [0.15, 0.2) is 5.41 Å². The van der Waals surface area contributed by atoms with Gasteiger partial charge in [-0.2, -0.15) is 5.26 Å². The van der Waals surface area contributed by atoms with Gasteiger partial charge in [0.2, 0.25) is 11.8 Å². The Bertz CT molecular complexity index is 700. The van der Waals surface area contributed by atoms with E-state index in [2.05, 4.69) is 0 Å². The lowest BCUT2D eigenvalue weighted by atomic mass is 10.0. The molecule has 112 valence electrons. The number of nitrogens with zero attached hydrogens (tertiary/aromatic N) is 2. The van der Waals surface area contributed by atoms with Crippen molar-refractivity contribution in [1.82, 2.24) is 0 Å². The van der Waals surface area contributed by atoms with Gasteiger partial charge in [0.05, 0.1) is 30.2 Å². The number of hydrogen-bond acceptors (Lipinski definition) is 5. The fraction of sp³-hybridized carbons (Fsp3) is 0.333. The molecule has 2 aliphatic rings. The highest BCUT2D eigenvalue weighted by Gasteiger charge is 2.83. The number of ether oxygens (including phenoxy) is 1. The summed E-state index contributed by atoms with van der Waals surface area (Å²) in [6, 6.07) is 6.63. The number of anilines is 1. The molecule has 1 saturated carbocycles. The highest BCUT2D eigenvalue weighted by molar-refractivity contribution is 6.29. The minimum atomic E-state index is -1.71. The third-order valence-corrected chi connectivity index (χ3v) is 4.06. The average molecular weight is 302 g/mol. The van der Waals surface area contributed by atoms with Crippen molar-refractivity contribution < 1.29 is 23.5 Å². The molecule has 0 N–H and O–H groups in total. The van der Waals surface area contributed by atoms with E-state index in [1.807, 2.05) is 0 Å². The van der Waals surface area contributed by atoms with Crippen molar-refractivity contribution in [2.75, 3.05) is 11.5 Å². The lowest BCUT2D eigenvalue weighted by molar-refractivity contribution is -0.150. The Morgan fingerprint density at radius 3 is 2.32 bits per heavy atom. The summed E-state index contributed by atoms with van der Waals surface area (Å²) in [5, 5.41) is 9.26. The molecule has 0 spiro atoms. The van der Waals surface area contributed by atoms with Gasteiger partial charge in [-0.1, -0.05) is 0 Å². The molecule has 1 aromatic carbocycles. The lowest BCUT2D eigenvalue weighted by Crippen LogP contribution is -2.40. The van der Waals surface area contributed by atoms with E-state index in [1.54, 1.807) is 13.0 Å². The van der Waals surface area contributed by atoms with Crippen LogP contribution in [0.1, 0.15) is 6.92 Å². The maximum atomic E-state index is 12.9. The zero-order valence-corrected chi connectivity index (χ0v) is 11.6. The summed E-state index contributed by atoms with van der Waals surface area (Å²) < 4.78 is 17.7. The SMILES string of the molecule is CCOC(=O)C1(C#N)[C@@H]2C(=O)N(c3ccc(F)cc3)C(=O)[C@@H]21. The number of amides is 2. The van der Waals surface area contributed by atoms with Crippen LogP contribution in [-0.2, 0) is 19.1 Å². The number of esters is 1. The Morgan fingerprint density at radius 1 is 1.32 bits per heavy atom. The van der Waals surface area contributed by atoms with Crippen LogP contribution in [0.4, 0.5) is 10.1 Å². The van der Waals surface area contributed by atoms with Crippen LogP contribution < -0.4 is 4.90 Å².